The van der Waals surface area contributed by atoms with E-state index in [1.54, 1.807) is 18.0 Å². The molecule has 128 valence electrons. The highest BCUT2D eigenvalue weighted by Gasteiger charge is 2.33. The summed E-state index contributed by atoms with van der Waals surface area (Å²) in [5.41, 5.74) is 0.469. The molecule has 0 radical (unpaired) electrons. The fourth-order valence-electron chi connectivity index (χ4n) is 3.07. The number of piperazine rings is 1. The molecule has 1 aromatic carbocycles. The Hall–Kier alpha value is -2.28. The van der Waals surface area contributed by atoms with Crippen LogP contribution in [0.5, 0.6) is 0 Å². The van der Waals surface area contributed by atoms with Crippen LogP contribution in [0.4, 0.5) is 8.78 Å². The Kier molecular flexibility index (Phi) is 4.62. The summed E-state index contributed by atoms with van der Waals surface area (Å²) in [6.45, 7) is 3.56. The number of carbonyl (C=O) groups excluding carboxylic acids is 1. The van der Waals surface area contributed by atoms with Gasteiger partial charge in [0.15, 0.2) is 11.6 Å². The Morgan fingerprint density at radius 2 is 2.17 bits per heavy atom. The van der Waals surface area contributed by atoms with Crippen molar-refractivity contribution in [3.05, 3.63) is 53.6 Å². The van der Waals surface area contributed by atoms with Crippen molar-refractivity contribution >= 4 is 5.91 Å². The van der Waals surface area contributed by atoms with Gasteiger partial charge in [0.2, 0.25) is 5.91 Å². The zero-order valence-corrected chi connectivity index (χ0v) is 13.7. The number of aryl methyl sites for hydroxylation is 1. The summed E-state index contributed by atoms with van der Waals surface area (Å²) >= 11 is 0. The third kappa shape index (κ3) is 3.03. The molecule has 2 unspecified atom stereocenters. The summed E-state index contributed by atoms with van der Waals surface area (Å²) in [6.07, 6.45) is 3.54. The SMILES string of the molecule is CC(C(=O)N1CCNCC1c1nccn1C)c1ccc(F)c(F)c1. The van der Waals surface area contributed by atoms with E-state index in [0.717, 1.165) is 18.0 Å². The van der Waals surface area contributed by atoms with Crippen molar-refractivity contribution < 1.29 is 13.6 Å². The second kappa shape index (κ2) is 6.68. The molecule has 1 saturated heterocycles. The van der Waals surface area contributed by atoms with E-state index in [9.17, 15) is 13.6 Å². The molecular weight excluding hydrogens is 314 g/mol. The van der Waals surface area contributed by atoms with E-state index >= 15 is 0 Å². The number of rotatable bonds is 3. The van der Waals surface area contributed by atoms with E-state index in [1.165, 1.54) is 6.07 Å². The van der Waals surface area contributed by atoms with Gasteiger partial charge in [-0.25, -0.2) is 13.8 Å². The van der Waals surface area contributed by atoms with Crippen molar-refractivity contribution in [1.29, 1.82) is 0 Å². The molecule has 1 amide bonds. The van der Waals surface area contributed by atoms with Gasteiger partial charge in [-0.3, -0.25) is 4.79 Å². The maximum atomic E-state index is 13.5. The first-order valence-corrected chi connectivity index (χ1v) is 7.92. The smallest absolute Gasteiger partial charge is 0.230 e. The highest BCUT2D eigenvalue weighted by Crippen LogP contribution is 2.27. The molecule has 0 bridgehead atoms. The first kappa shape index (κ1) is 16.6. The van der Waals surface area contributed by atoms with Gasteiger partial charge in [-0.05, 0) is 24.6 Å². The molecule has 1 aliphatic rings. The number of amides is 1. The van der Waals surface area contributed by atoms with Gasteiger partial charge >= 0.3 is 0 Å². The second-order valence-electron chi connectivity index (χ2n) is 6.04. The number of nitrogens with zero attached hydrogens (tertiary/aromatic N) is 3. The molecule has 0 aliphatic carbocycles. The minimum atomic E-state index is -0.937. The third-order valence-corrected chi connectivity index (χ3v) is 4.50. The molecule has 2 heterocycles. The maximum Gasteiger partial charge on any atom is 0.230 e. The van der Waals surface area contributed by atoms with Gasteiger partial charge in [0.1, 0.15) is 11.9 Å². The molecule has 24 heavy (non-hydrogen) atoms. The van der Waals surface area contributed by atoms with Crippen LogP contribution in [0.15, 0.2) is 30.6 Å². The Bertz CT molecular complexity index is 746. The second-order valence-corrected chi connectivity index (χ2v) is 6.04. The maximum absolute atomic E-state index is 13.5. The molecular formula is C17H20F2N4O. The van der Waals surface area contributed by atoms with E-state index < -0.39 is 17.6 Å². The number of carbonyl (C=O) groups is 1. The van der Waals surface area contributed by atoms with Crippen LogP contribution in [-0.4, -0.2) is 40.0 Å². The molecule has 0 saturated carbocycles. The molecule has 7 heteroatoms. The summed E-state index contributed by atoms with van der Waals surface area (Å²) in [5, 5.41) is 3.27. The van der Waals surface area contributed by atoms with Crippen molar-refractivity contribution in [2.45, 2.75) is 18.9 Å². The molecule has 1 fully saturated rings. The van der Waals surface area contributed by atoms with E-state index in [0.29, 0.717) is 25.2 Å². The van der Waals surface area contributed by atoms with E-state index in [1.807, 2.05) is 17.8 Å². The molecule has 2 aromatic rings. The van der Waals surface area contributed by atoms with Gasteiger partial charge in [0, 0.05) is 39.1 Å². The average Bonchev–Trinajstić information content (AvgIpc) is 3.02. The van der Waals surface area contributed by atoms with Crippen molar-refractivity contribution in [1.82, 2.24) is 19.8 Å². The fraction of sp³-hybridized carbons (Fsp3) is 0.412. The molecule has 0 spiro atoms. The Balaban J connectivity index is 1.86. The minimum absolute atomic E-state index is 0.115. The number of imidazole rings is 1. The van der Waals surface area contributed by atoms with Crippen LogP contribution in [0.1, 0.15) is 30.3 Å². The standard InChI is InChI=1S/C17H20F2N4O/c1-11(12-3-4-13(18)14(19)9-12)17(24)23-8-5-20-10-15(23)16-21-6-7-22(16)2/h3-4,6-7,9,11,15,20H,5,8,10H2,1-2H3. The van der Waals surface area contributed by atoms with Gasteiger partial charge in [0.25, 0.3) is 0 Å². The Morgan fingerprint density at radius 3 is 2.83 bits per heavy atom. The quantitative estimate of drug-likeness (QED) is 0.934. The van der Waals surface area contributed by atoms with Crippen molar-refractivity contribution in [3.63, 3.8) is 0 Å². The normalized spacial score (nSPS) is 19.3. The van der Waals surface area contributed by atoms with Crippen LogP contribution in [0, 0.1) is 11.6 Å². The van der Waals surface area contributed by atoms with E-state index in [2.05, 4.69) is 10.3 Å². The summed E-state index contributed by atoms with van der Waals surface area (Å²) in [6, 6.07) is 3.43. The number of hydrogen-bond acceptors (Lipinski definition) is 3. The average molecular weight is 334 g/mol. The van der Waals surface area contributed by atoms with Gasteiger partial charge in [-0.2, -0.15) is 0 Å². The number of hydrogen-bond donors (Lipinski definition) is 1. The van der Waals surface area contributed by atoms with Crippen LogP contribution in [0.3, 0.4) is 0 Å². The number of halogens is 2. The minimum Gasteiger partial charge on any atom is -0.336 e. The molecule has 1 aliphatic heterocycles. The summed E-state index contributed by atoms with van der Waals surface area (Å²) < 4.78 is 28.5. The van der Waals surface area contributed by atoms with Crippen molar-refractivity contribution in [2.75, 3.05) is 19.6 Å². The number of nitrogens with one attached hydrogen (secondary N) is 1. The largest absolute Gasteiger partial charge is 0.336 e. The van der Waals surface area contributed by atoms with Crippen molar-refractivity contribution in [2.24, 2.45) is 7.05 Å². The highest BCUT2D eigenvalue weighted by atomic mass is 19.2. The first-order valence-electron chi connectivity index (χ1n) is 7.92. The topological polar surface area (TPSA) is 50.2 Å². The van der Waals surface area contributed by atoms with Crippen LogP contribution in [-0.2, 0) is 11.8 Å². The lowest BCUT2D eigenvalue weighted by atomic mass is 9.98. The monoisotopic (exact) mass is 334 g/mol. The molecule has 1 N–H and O–H groups in total. The highest BCUT2D eigenvalue weighted by molar-refractivity contribution is 5.83. The number of aromatic nitrogens is 2. The van der Waals surface area contributed by atoms with Gasteiger partial charge in [0.05, 0.1) is 5.92 Å². The van der Waals surface area contributed by atoms with E-state index in [-0.39, 0.29) is 11.9 Å². The molecule has 1 aromatic heterocycles. The predicted molar refractivity (Wildman–Crippen MR) is 85.3 cm³/mol. The number of benzene rings is 1. The van der Waals surface area contributed by atoms with Gasteiger partial charge < -0.3 is 14.8 Å². The predicted octanol–water partition coefficient (Wildman–Crippen LogP) is 1.97. The van der Waals surface area contributed by atoms with Crippen LogP contribution in [0.25, 0.3) is 0 Å². The lowest BCUT2D eigenvalue weighted by molar-refractivity contribution is -0.136. The molecule has 3 rings (SSSR count). The lowest BCUT2D eigenvalue weighted by Gasteiger charge is -2.37. The molecule has 2 atom stereocenters. The van der Waals surface area contributed by atoms with Crippen LogP contribution < -0.4 is 5.32 Å². The van der Waals surface area contributed by atoms with Crippen LogP contribution >= 0.6 is 0 Å². The fourth-order valence-corrected chi connectivity index (χ4v) is 3.07. The zero-order chi connectivity index (χ0) is 17.3. The van der Waals surface area contributed by atoms with Gasteiger partial charge in [-0.15, -0.1) is 0 Å². The Morgan fingerprint density at radius 1 is 1.38 bits per heavy atom. The molecule has 5 nitrogen and oxygen atoms in total. The zero-order valence-electron chi connectivity index (χ0n) is 13.7. The lowest BCUT2D eigenvalue weighted by Crippen LogP contribution is -2.50. The van der Waals surface area contributed by atoms with Gasteiger partial charge in [-0.1, -0.05) is 6.07 Å². The first-order chi connectivity index (χ1) is 11.5. The van der Waals surface area contributed by atoms with Crippen molar-refractivity contribution in [3.8, 4) is 0 Å². The summed E-state index contributed by atoms with van der Waals surface area (Å²) in [4.78, 5) is 19.1. The van der Waals surface area contributed by atoms with E-state index in [4.69, 9.17) is 0 Å². The Labute approximate surface area is 139 Å². The summed E-state index contributed by atoms with van der Waals surface area (Å²) in [7, 11) is 1.89. The van der Waals surface area contributed by atoms with Crippen LogP contribution in [0.2, 0.25) is 0 Å². The summed E-state index contributed by atoms with van der Waals surface area (Å²) in [5.74, 6) is -1.72. The third-order valence-electron chi connectivity index (χ3n) is 4.50.